The smallest absolute Gasteiger partial charge is 0.224 e. The number of phenolic OH excluding ortho intramolecular Hbond substituents is 1. The van der Waals surface area contributed by atoms with Crippen LogP contribution >= 0.6 is 23.2 Å². The summed E-state index contributed by atoms with van der Waals surface area (Å²) in [5.41, 5.74) is 0.323. The Balaban J connectivity index is 1.55. The number of nitrogens with zero attached hydrogens (tertiary/aromatic N) is 1. The van der Waals surface area contributed by atoms with E-state index in [1.807, 2.05) is 19.2 Å². The lowest BCUT2D eigenvalue weighted by Crippen LogP contribution is -2.66. The number of β-amino-alcohol motifs (C(OH)–C–C–N with tert-alkyl or cyclic N) is 1. The van der Waals surface area contributed by atoms with Crippen LogP contribution in [0.1, 0.15) is 36.8 Å². The number of piperidine rings is 1. The minimum absolute atomic E-state index is 0.0543. The fourth-order valence-electron chi connectivity index (χ4n) is 5.41. The first kappa shape index (κ1) is 22.4. The highest BCUT2D eigenvalue weighted by Gasteiger charge is 2.57. The van der Waals surface area contributed by atoms with Crippen molar-refractivity contribution in [1.82, 2.24) is 10.2 Å². The number of fused-ring (bicyclic) bond motifs is 1. The van der Waals surface area contributed by atoms with Gasteiger partial charge in [-0.3, -0.25) is 4.79 Å². The molecule has 4 rings (SSSR count). The van der Waals surface area contributed by atoms with Crippen molar-refractivity contribution in [2.45, 2.75) is 49.2 Å². The van der Waals surface area contributed by atoms with Crippen LogP contribution in [0.25, 0.3) is 0 Å². The lowest BCUT2D eigenvalue weighted by Gasteiger charge is -2.57. The van der Waals surface area contributed by atoms with E-state index in [2.05, 4.69) is 10.2 Å². The van der Waals surface area contributed by atoms with Crippen molar-refractivity contribution < 1.29 is 15.0 Å². The number of halogens is 2. The van der Waals surface area contributed by atoms with Crippen molar-refractivity contribution in [1.29, 1.82) is 0 Å². The van der Waals surface area contributed by atoms with Crippen LogP contribution in [-0.2, 0) is 16.6 Å². The molecule has 1 heterocycles. The summed E-state index contributed by atoms with van der Waals surface area (Å²) in [7, 11) is 2.02. The van der Waals surface area contributed by atoms with E-state index >= 15 is 0 Å². The van der Waals surface area contributed by atoms with E-state index in [-0.39, 0.29) is 24.1 Å². The Labute approximate surface area is 193 Å². The van der Waals surface area contributed by atoms with E-state index in [0.717, 1.165) is 24.1 Å². The van der Waals surface area contributed by atoms with Gasteiger partial charge >= 0.3 is 0 Å². The largest absolute Gasteiger partial charge is 0.508 e. The highest BCUT2D eigenvalue weighted by Crippen LogP contribution is 2.51. The van der Waals surface area contributed by atoms with Gasteiger partial charge in [-0.2, -0.15) is 0 Å². The molecule has 2 aromatic rings. The van der Waals surface area contributed by atoms with Crippen molar-refractivity contribution >= 4 is 29.1 Å². The van der Waals surface area contributed by atoms with Crippen LogP contribution in [0.15, 0.2) is 42.5 Å². The van der Waals surface area contributed by atoms with Gasteiger partial charge in [0.1, 0.15) is 5.75 Å². The number of hydrogen-bond acceptors (Lipinski definition) is 4. The highest BCUT2D eigenvalue weighted by molar-refractivity contribution is 6.42. The maximum atomic E-state index is 12.8. The molecule has 1 saturated carbocycles. The number of hydrogen-bond donors (Lipinski definition) is 3. The van der Waals surface area contributed by atoms with E-state index in [0.29, 0.717) is 35.9 Å². The highest BCUT2D eigenvalue weighted by atomic mass is 35.5. The van der Waals surface area contributed by atoms with Crippen LogP contribution in [0.5, 0.6) is 5.75 Å². The number of carbonyl (C=O) groups excluding carboxylic acids is 1. The van der Waals surface area contributed by atoms with Crippen molar-refractivity contribution in [3.8, 4) is 5.75 Å². The Kier molecular flexibility index (Phi) is 6.23. The summed E-state index contributed by atoms with van der Waals surface area (Å²) in [5, 5.41) is 25.9. The van der Waals surface area contributed by atoms with Crippen LogP contribution in [0, 0.1) is 0 Å². The normalized spacial score (nSPS) is 28.7. The average Bonchev–Trinajstić information content (AvgIpc) is 2.71. The zero-order valence-electron chi connectivity index (χ0n) is 17.6. The number of benzene rings is 2. The predicted octanol–water partition coefficient (Wildman–Crippen LogP) is 3.91. The van der Waals surface area contributed by atoms with Gasteiger partial charge in [-0.05, 0) is 74.7 Å². The molecule has 1 aliphatic carbocycles. The molecule has 3 atom stereocenters. The predicted molar refractivity (Wildman–Crippen MR) is 123 cm³/mol. The number of likely N-dealkylation sites (N-methyl/N-ethyl adjacent to an activating group) is 1. The monoisotopic (exact) mass is 462 g/mol. The van der Waals surface area contributed by atoms with E-state index in [1.54, 1.807) is 30.3 Å². The molecule has 3 N–H and O–H groups in total. The number of amides is 1. The van der Waals surface area contributed by atoms with Crippen LogP contribution in [-0.4, -0.2) is 52.8 Å². The van der Waals surface area contributed by atoms with E-state index in [9.17, 15) is 15.0 Å². The molecule has 166 valence electrons. The Morgan fingerprint density at radius 1 is 1.19 bits per heavy atom. The van der Waals surface area contributed by atoms with Crippen LogP contribution in [0.4, 0.5) is 0 Å². The molecule has 3 unspecified atom stereocenters. The second-order valence-electron chi connectivity index (χ2n) is 9.08. The molecule has 1 amide bonds. The first-order valence-electron chi connectivity index (χ1n) is 10.6. The van der Waals surface area contributed by atoms with Gasteiger partial charge in [0.05, 0.1) is 22.1 Å². The van der Waals surface area contributed by atoms with Gasteiger partial charge in [0.15, 0.2) is 0 Å². The maximum Gasteiger partial charge on any atom is 0.224 e. The number of rotatable bonds is 4. The molecule has 31 heavy (non-hydrogen) atoms. The lowest BCUT2D eigenvalue weighted by molar-refractivity contribution is -0.131. The summed E-state index contributed by atoms with van der Waals surface area (Å²) in [6.45, 7) is 1.43. The van der Waals surface area contributed by atoms with Crippen LogP contribution < -0.4 is 5.32 Å². The summed E-state index contributed by atoms with van der Waals surface area (Å²) >= 11 is 12.0. The fraction of sp³-hybridized carbons (Fsp3) is 0.458. The average molecular weight is 463 g/mol. The molecule has 7 heteroatoms. The summed E-state index contributed by atoms with van der Waals surface area (Å²) in [6.07, 6.45) is 2.92. The topological polar surface area (TPSA) is 72.8 Å². The molecule has 1 saturated heterocycles. The van der Waals surface area contributed by atoms with Gasteiger partial charge in [0.2, 0.25) is 5.91 Å². The standard InChI is InChI=1S/C24H28Cl2N2O3/c1-28-10-9-23(17-3-2-4-19(29)13-17)14-18(7-8-24(23,31)15-28)27-22(30)12-16-5-6-20(25)21(26)11-16/h2-6,11,13,18,29,31H,7-10,12,14-15H2,1H3,(H,27,30). The van der Waals surface area contributed by atoms with Gasteiger partial charge in [-0.15, -0.1) is 0 Å². The Morgan fingerprint density at radius 3 is 2.74 bits per heavy atom. The van der Waals surface area contributed by atoms with Crippen LogP contribution in [0.3, 0.4) is 0 Å². The molecule has 0 bridgehead atoms. The number of carbonyl (C=O) groups is 1. The van der Waals surface area contributed by atoms with E-state index < -0.39 is 11.0 Å². The zero-order valence-corrected chi connectivity index (χ0v) is 19.1. The molecule has 5 nitrogen and oxygen atoms in total. The van der Waals surface area contributed by atoms with E-state index in [1.165, 1.54) is 0 Å². The summed E-state index contributed by atoms with van der Waals surface area (Å²) in [4.78, 5) is 14.9. The van der Waals surface area contributed by atoms with Gasteiger partial charge in [0.25, 0.3) is 0 Å². The van der Waals surface area contributed by atoms with Crippen molar-refractivity contribution in [2.75, 3.05) is 20.1 Å². The maximum absolute atomic E-state index is 12.8. The third-order valence-electron chi connectivity index (χ3n) is 6.96. The Morgan fingerprint density at radius 2 is 2.00 bits per heavy atom. The molecule has 1 aliphatic heterocycles. The van der Waals surface area contributed by atoms with Crippen molar-refractivity contribution in [2.24, 2.45) is 0 Å². The fourth-order valence-corrected chi connectivity index (χ4v) is 5.73. The third kappa shape index (κ3) is 4.42. The molecule has 2 aliphatic rings. The number of aliphatic hydroxyl groups is 1. The molecule has 2 fully saturated rings. The first-order valence-corrected chi connectivity index (χ1v) is 11.4. The quantitative estimate of drug-likeness (QED) is 0.643. The second-order valence-corrected chi connectivity index (χ2v) is 9.90. The Hall–Kier alpha value is -1.79. The molecule has 2 aromatic carbocycles. The van der Waals surface area contributed by atoms with Crippen molar-refractivity contribution in [3.63, 3.8) is 0 Å². The minimum Gasteiger partial charge on any atom is -0.508 e. The number of likely N-dealkylation sites (tertiary alicyclic amines) is 1. The molecule has 0 radical (unpaired) electrons. The van der Waals surface area contributed by atoms with Gasteiger partial charge < -0.3 is 20.4 Å². The first-order chi connectivity index (χ1) is 14.7. The van der Waals surface area contributed by atoms with Crippen molar-refractivity contribution in [3.05, 3.63) is 63.6 Å². The third-order valence-corrected chi connectivity index (χ3v) is 7.70. The molecule has 0 aromatic heterocycles. The second kappa shape index (κ2) is 8.62. The molecule has 0 spiro atoms. The summed E-state index contributed by atoms with van der Waals surface area (Å²) in [5.74, 6) is 0.117. The number of aromatic hydroxyl groups is 1. The van der Waals surface area contributed by atoms with Gasteiger partial charge in [-0.1, -0.05) is 41.4 Å². The van der Waals surface area contributed by atoms with Crippen LogP contribution in [0.2, 0.25) is 10.0 Å². The molecular weight excluding hydrogens is 435 g/mol. The lowest BCUT2D eigenvalue weighted by atomic mass is 9.55. The molecular formula is C24H28Cl2N2O3. The zero-order chi connectivity index (χ0) is 22.2. The number of phenols is 1. The van der Waals surface area contributed by atoms with Gasteiger partial charge in [-0.25, -0.2) is 0 Å². The number of nitrogens with one attached hydrogen (secondary N) is 1. The SMILES string of the molecule is CN1CCC2(c3cccc(O)c3)CC(NC(=O)Cc3ccc(Cl)c(Cl)c3)CCC2(O)C1. The summed E-state index contributed by atoms with van der Waals surface area (Å²) in [6, 6.07) is 12.4. The van der Waals surface area contributed by atoms with Gasteiger partial charge in [0, 0.05) is 18.0 Å². The Bertz CT molecular complexity index is 985. The minimum atomic E-state index is -0.904. The van der Waals surface area contributed by atoms with E-state index in [4.69, 9.17) is 23.2 Å². The summed E-state index contributed by atoms with van der Waals surface area (Å²) < 4.78 is 0.